The van der Waals surface area contributed by atoms with Crippen LogP contribution in [0.5, 0.6) is 5.75 Å². The number of nitrogens with zero attached hydrogens (tertiary/aromatic N) is 2. The molecule has 2 heterocycles. The number of pyridine rings is 1. The maximum absolute atomic E-state index is 13.0. The number of amides is 1. The molecule has 5 heteroatoms. The van der Waals surface area contributed by atoms with E-state index < -0.39 is 0 Å². The molecule has 0 unspecified atom stereocenters. The number of ether oxygens (including phenoxy) is 1. The first-order chi connectivity index (χ1) is 13.6. The van der Waals surface area contributed by atoms with Crippen LogP contribution in [0.4, 0.5) is 17.2 Å². The van der Waals surface area contributed by atoms with Gasteiger partial charge in [-0.25, -0.2) is 4.98 Å². The number of carbonyl (C=O) groups is 1. The van der Waals surface area contributed by atoms with Crippen LogP contribution in [0.15, 0.2) is 66.9 Å². The molecule has 2 aromatic carbocycles. The van der Waals surface area contributed by atoms with Gasteiger partial charge in [-0.05, 0) is 68.3 Å². The summed E-state index contributed by atoms with van der Waals surface area (Å²) in [5.41, 5.74) is 3.72. The number of anilines is 3. The number of aromatic nitrogens is 1. The minimum atomic E-state index is -0.00363. The van der Waals surface area contributed by atoms with Crippen molar-refractivity contribution in [2.24, 2.45) is 0 Å². The van der Waals surface area contributed by atoms with Crippen molar-refractivity contribution in [2.45, 2.75) is 26.4 Å². The van der Waals surface area contributed by atoms with Crippen LogP contribution in [-0.4, -0.2) is 23.5 Å². The Morgan fingerprint density at radius 1 is 1.11 bits per heavy atom. The molecular weight excluding hydrogens is 350 g/mol. The zero-order chi connectivity index (χ0) is 19.5. The number of carbonyl (C=O) groups excluding carboxylic acids is 1. The fourth-order valence-electron chi connectivity index (χ4n) is 3.37. The van der Waals surface area contributed by atoms with Crippen molar-refractivity contribution in [2.75, 3.05) is 16.8 Å². The molecule has 5 nitrogen and oxygen atoms in total. The Labute approximate surface area is 165 Å². The van der Waals surface area contributed by atoms with Crippen molar-refractivity contribution in [1.82, 2.24) is 4.98 Å². The average molecular weight is 373 g/mol. The highest BCUT2D eigenvalue weighted by molar-refractivity contribution is 6.07. The Bertz CT molecular complexity index is 983. The highest BCUT2D eigenvalue weighted by Gasteiger charge is 2.25. The molecule has 4 rings (SSSR count). The Kier molecular flexibility index (Phi) is 4.98. The van der Waals surface area contributed by atoms with Crippen molar-refractivity contribution in [3.05, 3.63) is 78.0 Å². The van der Waals surface area contributed by atoms with Gasteiger partial charge in [0.15, 0.2) is 0 Å². The monoisotopic (exact) mass is 373 g/mol. The summed E-state index contributed by atoms with van der Waals surface area (Å²) in [6.45, 7) is 4.70. The molecule has 1 N–H and O–H groups in total. The van der Waals surface area contributed by atoms with Gasteiger partial charge in [0.1, 0.15) is 11.6 Å². The van der Waals surface area contributed by atoms with E-state index in [1.807, 2.05) is 61.2 Å². The zero-order valence-electron chi connectivity index (χ0n) is 16.1. The molecule has 3 aromatic rings. The van der Waals surface area contributed by atoms with E-state index in [9.17, 15) is 4.79 Å². The maximum atomic E-state index is 13.0. The first-order valence-corrected chi connectivity index (χ1v) is 9.50. The van der Waals surface area contributed by atoms with E-state index in [4.69, 9.17) is 4.74 Å². The quantitative estimate of drug-likeness (QED) is 0.697. The molecule has 0 saturated carbocycles. The van der Waals surface area contributed by atoms with Crippen LogP contribution in [0.3, 0.4) is 0 Å². The summed E-state index contributed by atoms with van der Waals surface area (Å²) in [5.74, 6) is 1.46. The third kappa shape index (κ3) is 3.83. The summed E-state index contributed by atoms with van der Waals surface area (Å²) in [6.07, 6.45) is 2.69. The number of benzene rings is 2. The minimum absolute atomic E-state index is 0.00363. The van der Waals surface area contributed by atoms with Crippen LogP contribution >= 0.6 is 0 Å². The number of rotatable bonds is 5. The van der Waals surface area contributed by atoms with E-state index >= 15 is 0 Å². The number of nitrogens with one attached hydrogen (secondary N) is 1. The first kappa shape index (κ1) is 18.0. The molecular formula is C23H23N3O2. The molecule has 28 heavy (non-hydrogen) atoms. The minimum Gasteiger partial charge on any atom is -0.491 e. The summed E-state index contributed by atoms with van der Waals surface area (Å²) in [6, 6.07) is 19.3. The van der Waals surface area contributed by atoms with E-state index in [0.717, 1.165) is 23.5 Å². The van der Waals surface area contributed by atoms with Crippen molar-refractivity contribution < 1.29 is 9.53 Å². The van der Waals surface area contributed by atoms with Gasteiger partial charge >= 0.3 is 0 Å². The lowest BCUT2D eigenvalue weighted by Gasteiger charge is -2.17. The lowest BCUT2D eigenvalue weighted by atomic mass is 10.1. The summed E-state index contributed by atoms with van der Waals surface area (Å²) >= 11 is 0. The van der Waals surface area contributed by atoms with Crippen molar-refractivity contribution in [3.63, 3.8) is 0 Å². The summed E-state index contributed by atoms with van der Waals surface area (Å²) in [4.78, 5) is 19.2. The molecule has 0 aliphatic carbocycles. The van der Waals surface area contributed by atoms with E-state index in [1.54, 1.807) is 18.3 Å². The molecule has 142 valence electrons. The van der Waals surface area contributed by atoms with Crippen LogP contribution in [0.2, 0.25) is 0 Å². The smallest absolute Gasteiger partial charge is 0.258 e. The Balaban J connectivity index is 1.50. The lowest BCUT2D eigenvalue weighted by Crippen LogP contribution is -2.28. The SMILES string of the molecule is CC(C)Oc1ccc(Nc2cc(C(=O)N3CCc4ccccc43)ccn2)cc1. The molecule has 0 saturated heterocycles. The molecule has 0 atom stereocenters. The maximum Gasteiger partial charge on any atom is 0.258 e. The van der Waals surface area contributed by atoms with Crippen molar-refractivity contribution in [1.29, 1.82) is 0 Å². The number of para-hydroxylation sites is 1. The van der Waals surface area contributed by atoms with Gasteiger partial charge in [-0.2, -0.15) is 0 Å². The first-order valence-electron chi connectivity index (χ1n) is 9.50. The second-order valence-electron chi connectivity index (χ2n) is 7.08. The van der Waals surface area contributed by atoms with E-state index in [-0.39, 0.29) is 12.0 Å². The lowest BCUT2D eigenvalue weighted by molar-refractivity contribution is 0.0989. The van der Waals surface area contributed by atoms with E-state index in [2.05, 4.69) is 16.4 Å². The molecule has 0 radical (unpaired) electrons. The topological polar surface area (TPSA) is 54.5 Å². The summed E-state index contributed by atoms with van der Waals surface area (Å²) in [5, 5.41) is 3.25. The van der Waals surface area contributed by atoms with E-state index in [0.29, 0.717) is 17.9 Å². The number of fused-ring (bicyclic) bond motifs is 1. The van der Waals surface area contributed by atoms with Crippen molar-refractivity contribution in [3.8, 4) is 5.75 Å². The Morgan fingerprint density at radius 3 is 2.68 bits per heavy atom. The fourth-order valence-corrected chi connectivity index (χ4v) is 3.37. The second kappa shape index (κ2) is 7.72. The van der Waals surface area contributed by atoms with Gasteiger partial charge in [0.05, 0.1) is 6.10 Å². The average Bonchev–Trinajstić information content (AvgIpc) is 3.13. The van der Waals surface area contributed by atoms with E-state index in [1.165, 1.54) is 5.56 Å². The van der Waals surface area contributed by atoms with Crippen LogP contribution in [0.25, 0.3) is 0 Å². The van der Waals surface area contributed by atoms with Gasteiger partial charge in [0, 0.05) is 29.7 Å². The predicted molar refractivity (Wildman–Crippen MR) is 112 cm³/mol. The van der Waals surface area contributed by atoms with Crippen molar-refractivity contribution >= 4 is 23.1 Å². The predicted octanol–water partition coefficient (Wildman–Crippen LogP) is 4.82. The van der Waals surface area contributed by atoms with Gasteiger partial charge in [-0.1, -0.05) is 18.2 Å². The zero-order valence-corrected chi connectivity index (χ0v) is 16.1. The fraction of sp³-hybridized carbons (Fsp3) is 0.217. The summed E-state index contributed by atoms with van der Waals surface area (Å²) in [7, 11) is 0. The van der Waals surface area contributed by atoms with Crippen LogP contribution in [0, 0.1) is 0 Å². The second-order valence-corrected chi connectivity index (χ2v) is 7.08. The van der Waals surface area contributed by atoms with Crippen LogP contribution < -0.4 is 15.0 Å². The highest BCUT2D eigenvalue weighted by atomic mass is 16.5. The van der Waals surface area contributed by atoms with Gasteiger partial charge in [-0.3, -0.25) is 4.79 Å². The van der Waals surface area contributed by atoms with Crippen LogP contribution in [-0.2, 0) is 6.42 Å². The molecule has 1 aromatic heterocycles. The normalized spacial score (nSPS) is 12.8. The molecule has 0 spiro atoms. The van der Waals surface area contributed by atoms with Crippen LogP contribution in [0.1, 0.15) is 29.8 Å². The molecule has 1 aliphatic heterocycles. The van der Waals surface area contributed by atoms with Gasteiger partial charge < -0.3 is 15.0 Å². The molecule has 0 bridgehead atoms. The third-order valence-electron chi connectivity index (χ3n) is 4.64. The Morgan fingerprint density at radius 2 is 1.89 bits per heavy atom. The molecule has 1 amide bonds. The standard InChI is InChI=1S/C23H23N3O2/c1-16(2)28-20-9-7-19(8-10-20)25-22-15-18(11-13-24-22)23(27)26-14-12-17-5-3-4-6-21(17)26/h3-11,13,15-16H,12,14H2,1-2H3,(H,24,25). The largest absolute Gasteiger partial charge is 0.491 e. The highest BCUT2D eigenvalue weighted by Crippen LogP contribution is 2.29. The number of hydrogen-bond acceptors (Lipinski definition) is 4. The van der Waals surface area contributed by atoms with Gasteiger partial charge in [-0.15, -0.1) is 0 Å². The Hall–Kier alpha value is -3.34. The molecule has 0 fully saturated rings. The summed E-state index contributed by atoms with van der Waals surface area (Å²) < 4.78 is 5.66. The molecule has 1 aliphatic rings. The van der Waals surface area contributed by atoms with Gasteiger partial charge in [0.2, 0.25) is 0 Å². The third-order valence-corrected chi connectivity index (χ3v) is 4.64. The number of hydrogen-bond donors (Lipinski definition) is 1. The van der Waals surface area contributed by atoms with Gasteiger partial charge in [0.25, 0.3) is 5.91 Å².